The molecule has 80 valence electrons. The minimum absolute atomic E-state index is 0.0587. The summed E-state index contributed by atoms with van der Waals surface area (Å²) in [5.74, 6) is -0.147. The summed E-state index contributed by atoms with van der Waals surface area (Å²) in [4.78, 5) is 11.3. The van der Waals surface area contributed by atoms with Gasteiger partial charge in [-0.2, -0.15) is 0 Å². The number of benzene rings is 1. The molecule has 0 heterocycles. The predicted molar refractivity (Wildman–Crippen MR) is 60.7 cm³/mol. The Morgan fingerprint density at radius 3 is 2.47 bits per heavy atom. The minimum atomic E-state index is -0.232. The number of primary amides is 1. The number of hydrogen-bond acceptors (Lipinski definition) is 1. The Kier molecular flexibility index (Phi) is 2.27. The fourth-order valence-electron chi connectivity index (χ4n) is 2.48. The van der Waals surface area contributed by atoms with Crippen molar-refractivity contribution in [2.24, 2.45) is 17.1 Å². The topological polar surface area (TPSA) is 43.1 Å². The third-order valence-corrected chi connectivity index (χ3v) is 3.72. The number of carbonyl (C=O) groups excluding carboxylic acids is 1. The van der Waals surface area contributed by atoms with E-state index in [1.54, 1.807) is 0 Å². The monoisotopic (exact) mass is 223 g/mol. The van der Waals surface area contributed by atoms with Crippen LogP contribution in [0.15, 0.2) is 24.3 Å². The molecule has 1 saturated carbocycles. The molecule has 1 aromatic carbocycles. The van der Waals surface area contributed by atoms with E-state index in [1.807, 2.05) is 24.3 Å². The number of carbonyl (C=O) groups is 1. The summed E-state index contributed by atoms with van der Waals surface area (Å²) in [6.45, 7) is 4.10. The lowest BCUT2D eigenvalue weighted by atomic mass is 10.0. The molecule has 0 saturated heterocycles. The van der Waals surface area contributed by atoms with E-state index in [0.29, 0.717) is 0 Å². The molecule has 2 unspecified atom stereocenters. The highest BCUT2D eigenvalue weighted by Crippen LogP contribution is 2.65. The van der Waals surface area contributed by atoms with E-state index in [2.05, 4.69) is 13.8 Å². The molecule has 0 spiro atoms. The SMILES string of the molecule is CC1(C)C(C(N)=O)C1c1ccccc1Cl. The van der Waals surface area contributed by atoms with Gasteiger partial charge in [-0.25, -0.2) is 0 Å². The molecular formula is C12H14ClNO. The third kappa shape index (κ3) is 1.53. The van der Waals surface area contributed by atoms with Crippen molar-refractivity contribution in [1.82, 2.24) is 0 Å². The fourth-order valence-corrected chi connectivity index (χ4v) is 2.73. The van der Waals surface area contributed by atoms with Gasteiger partial charge in [0.25, 0.3) is 0 Å². The van der Waals surface area contributed by atoms with Crippen molar-refractivity contribution < 1.29 is 4.79 Å². The average molecular weight is 224 g/mol. The highest BCUT2D eigenvalue weighted by atomic mass is 35.5. The molecule has 0 radical (unpaired) electrons. The van der Waals surface area contributed by atoms with Gasteiger partial charge in [0, 0.05) is 10.9 Å². The van der Waals surface area contributed by atoms with Crippen LogP contribution in [-0.4, -0.2) is 5.91 Å². The Balaban J connectivity index is 2.36. The number of rotatable bonds is 2. The molecule has 0 aromatic heterocycles. The van der Waals surface area contributed by atoms with Crippen LogP contribution >= 0.6 is 11.6 Å². The van der Waals surface area contributed by atoms with Crippen LogP contribution in [0.25, 0.3) is 0 Å². The first-order valence-corrected chi connectivity index (χ1v) is 5.38. The number of amides is 1. The Hall–Kier alpha value is -1.02. The second-order valence-corrected chi connectivity index (χ2v) is 5.11. The van der Waals surface area contributed by atoms with Crippen LogP contribution in [0.5, 0.6) is 0 Å². The third-order valence-electron chi connectivity index (χ3n) is 3.37. The van der Waals surface area contributed by atoms with Gasteiger partial charge in [-0.3, -0.25) is 4.79 Å². The van der Waals surface area contributed by atoms with Crippen LogP contribution < -0.4 is 5.73 Å². The Morgan fingerprint density at radius 2 is 2.00 bits per heavy atom. The Morgan fingerprint density at radius 1 is 1.40 bits per heavy atom. The van der Waals surface area contributed by atoms with Gasteiger partial charge in [0.2, 0.25) is 5.91 Å². The zero-order chi connectivity index (χ0) is 11.2. The quantitative estimate of drug-likeness (QED) is 0.823. The molecular weight excluding hydrogens is 210 g/mol. The van der Waals surface area contributed by atoms with Crippen molar-refractivity contribution in [3.8, 4) is 0 Å². The molecule has 2 atom stereocenters. The zero-order valence-electron chi connectivity index (χ0n) is 8.83. The van der Waals surface area contributed by atoms with Crippen molar-refractivity contribution in [2.75, 3.05) is 0 Å². The summed E-state index contributed by atoms with van der Waals surface area (Å²) < 4.78 is 0. The van der Waals surface area contributed by atoms with Crippen molar-refractivity contribution in [2.45, 2.75) is 19.8 Å². The summed E-state index contributed by atoms with van der Waals surface area (Å²) in [5, 5.41) is 0.722. The highest BCUT2D eigenvalue weighted by Gasteiger charge is 2.61. The first-order chi connectivity index (χ1) is 6.96. The largest absolute Gasteiger partial charge is 0.369 e. The normalized spacial score (nSPS) is 27.4. The number of nitrogens with two attached hydrogens (primary N) is 1. The lowest BCUT2D eigenvalue weighted by molar-refractivity contribution is -0.119. The molecule has 0 aliphatic heterocycles. The van der Waals surface area contributed by atoms with Crippen molar-refractivity contribution in [3.63, 3.8) is 0 Å². The standard InChI is InChI=1S/C12H14ClNO/c1-12(2)9(10(12)11(14)15)7-5-3-4-6-8(7)13/h3-6,9-10H,1-2H3,(H2,14,15). The first-order valence-electron chi connectivity index (χ1n) is 5.00. The number of halogens is 1. The van der Waals surface area contributed by atoms with Gasteiger partial charge in [-0.15, -0.1) is 0 Å². The van der Waals surface area contributed by atoms with E-state index in [9.17, 15) is 4.79 Å². The van der Waals surface area contributed by atoms with Crippen molar-refractivity contribution >= 4 is 17.5 Å². The maximum atomic E-state index is 11.3. The lowest BCUT2D eigenvalue weighted by Crippen LogP contribution is -2.16. The minimum Gasteiger partial charge on any atom is -0.369 e. The maximum absolute atomic E-state index is 11.3. The van der Waals surface area contributed by atoms with Gasteiger partial charge in [0.05, 0.1) is 5.92 Å². The zero-order valence-corrected chi connectivity index (χ0v) is 9.58. The van der Waals surface area contributed by atoms with Crippen LogP contribution in [0.4, 0.5) is 0 Å². The summed E-state index contributed by atoms with van der Waals surface area (Å²) in [6, 6.07) is 7.65. The van der Waals surface area contributed by atoms with Gasteiger partial charge < -0.3 is 5.73 Å². The summed E-state index contributed by atoms with van der Waals surface area (Å²) in [5.41, 5.74) is 6.35. The van der Waals surface area contributed by atoms with Crippen LogP contribution in [0.2, 0.25) is 5.02 Å². The van der Waals surface area contributed by atoms with Gasteiger partial charge >= 0.3 is 0 Å². The highest BCUT2D eigenvalue weighted by molar-refractivity contribution is 6.31. The molecule has 1 fully saturated rings. The van der Waals surface area contributed by atoms with E-state index in [-0.39, 0.29) is 23.2 Å². The van der Waals surface area contributed by atoms with Crippen LogP contribution in [0, 0.1) is 11.3 Å². The molecule has 1 amide bonds. The molecule has 15 heavy (non-hydrogen) atoms. The molecule has 2 rings (SSSR count). The van der Waals surface area contributed by atoms with E-state index in [0.717, 1.165) is 10.6 Å². The smallest absolute Gasteiger partial charge is 0.221 e. The van der Waals surface area contributed by atoms with Crippen LogP contribution in [0.3, 0.4) is 0 Å². The maximum Gasteiger partial charge on any atom is 0.221 e. The van der Waals surface area contributed by atoms with Crippen molar-refractivity contribution in [1.29, 1.82) is 0 Å². The van der Waals surface area contributed by atoms with E-state index < -0.39 is 0 Å². The van der Waals surface area contributed by atoms with Gasteiger partial charge in [0.15, 0.2) is 0 Å². The molecule has 3 heteroatoms. The molecule has 1 aromatic rings. The van der Waals surface area contributed by atoms with Gasteiger partial charge in [-0.1, -0.05) is 43.6 Å². The lowest BCUT2D eigenvalue weighted by Gasteiger charge is -2.04. The summed E-state index contributed by atoms with van der Waals surface area (Å²) >= 11 is 6.10. The second-order valence-electron chi connectivity index (χ2n) is 4.70. The number of hydrogen-bond donors (Lipinski definition) is 1. The molecule has 2 N–H and O–H groups in total. The molecule has 2 nitrogen and oxygen atoms in total. The molecule has 1 aliphatic carbocycles. The summed E-state index contributed by atoms with van der Waals surface area (Å²) in [7, 11) is 0. The predicted octanol–water partition coefficient (Wildman–Crippen LogP) is 2.56. The van der Waals surface area contributed by atoms with E-state index in [4.69, 9.17) is 17.3 Å². The second kappa shape index (κ2) is 3.24. The van der Waals surface area contributed by atoms with Crippen LogP contribution in [-0.2, 0) is 4.79 Å². The fraction of sp³-hybridized carbons (Fsp3) is 0.417. The Bertz CT molecular complexity index is 414. The first kappa shape index (κ1) is 10.5. The van der Waals surface area contributed by atoms with E-state index in [1.165, 1.54) is 0 Å². The van der Waals surface area contributed by atoms with Crippen molar-refractivity contribution in [3.05, 3.63) is 34.9 Å². The van der Waals surface area contributed by atoms with Crippen LogP contribution in [0.1, 0.15) is 25.3 Å². The molecule has 1 aliphatic rings. The van der Waals surface area contributed by atoms with Gasteiger partial charge in [-0.05, 0) is 17.0 Å². The molecule has 0 bridgehead atoms. The van der Waals surface area contributed by atoms with Gasteiger partial charge in [0.1, 0.15) is 0 Å². The Labute approximate surface area is 94.4 Å². The summed E-state index contributed by atoms with van der Waals surface area (Å²) in [6.07, 6.45) is 0. The average Bonchev–Trinajstić information content (AvgIpc) is 2.70. The van der Waals surface area contributed by atoms with E-state index >= 15 is 0 Å².